The Morgan fingerprint density at radius 3 is 2.78 bits per heavy atom. The van der Waals surface area contributed by atoms with E-state index in [4.69, 9.17) is 10.3 Å². The zero-order chi connectivity index (χ0) is 13.0. The van der Waals surface area contributed by atoms with E-state index in [-0.39, 0.29) is 6.04 Å². The summed E-state index contributed by atoms with van der Waals surface area (Å²) in [5.41, 5.74) is 6.14. The van der Waals surface area contributed by atoms with Crippen molar-refractivity contribution >= 4 is 0 Å². The summed E-state index contributed by atoms with van der Waals surface area (Å²) < 4.78 is 5.30. The molecule has 5 nitrogen and oxygen atoms in total. The minimum Gasteiger partial charge on any atom is -0.339 e. The zero-order valence-corrected chi connectivity index (χ0v) is 11.4. The second kappa shape index (κ2) is 6.29. The van der Waals surface area contributed by atoms with Gasteiger partial charge in [-0.1, -0.05) is 25.4 Å². The summed E-state index contributed by atoms with van der Waals surface area (Å²) in [7, 11) is 0. The van der Waals surface area contributed by atoms with Gasteiger partial charge in [-0.3, -0.25) is 0 Å². The topological polar surface area (TPSA) is 68.2 Å². The fraction of sp³-hybridized carbons (Fsp3) is 0.846. The quantitative estimate of drug-likeness (QED) is 0.839. The Labute approximate surface area is 109 Å². The highest BCUT2D eigenvalue weighted by Gasteiger charge is 2.21. The molecule has 1 saturated heterocycles. The Kier molecular flexibility index (Phi) is 4.72. The maximum absolute atomic E-state index is 6.14. The molecule has 1 aliphatic heterocycles. The van der Waals surface area contributed by atoms with Crippen molar-refractivity contribution < 1.29 is 4.52 Å². The standard InChI is InChI=1S/C13H24N4O/c1-3-6-10(2)13-15-12(16-18-13)11(14)9-17-7-4-5-8-17/h10-11H,3-9,14H2,1-2H3. The van der Waals surface area contributed by atoms with Gasteiger partial charge in [0.1, 0.15) is 0 Å². The number of hydrogen-bond donors (Lipinski definition) is 1. The molecule has 0 amide bonds. The van der Waals surface area contributed by atoms with E-state index in [9.17, 15) is 0 Å². The van der Waals surface area contributed by atoms with Gasteiger partial charge in [-0.2, -0.15) is 4.98 Å². The molecule has 0 radical (unpaired) electrons. The number of rotatable bonds is 6. The molecule has 2 N–H and O–H groups in total. The van der Waals surface area contributed by atoms with Crippen molar-refractivity contribution in [2.75, 3.05) is 19.6 Å². The van der Waals surface area contributed by atoms with Gasteiger partial charge in [0.05, 0.1) is 6.04 Å². The normalized spacial score (nSPS) is 20.2. The van der Waals surface area contributed by atoms with Crippen LogP contribution in [0.15, 0.2) is 4.52 Å². The first-order valence-corrected chi connectivity index (χ1v) is 7.02. The van der Waals surface area contributed by atoms with E-state index in [0.717, 1.165) is 38.4 Å². The maximum Gasteiger partial charge on any atom is 0.229 e. The predicted molar refractivity (Wildman–Crippen MR) is 70.2 cm³/mol. The first-order valence-electron chi connectivity index (χ1n) is 7.02. The molecule has 1 aromatic rings. The maximum atomic E-state index is 6.14. The molecule has 0 aromatic carbocycles. The first kappa shape index (κ1) is 13.5. The average Bonchev–Trinajstić information content (AvgIpc) is 2.99. The van der Waals surface area contributed by atoms with Crippen LogP contribution in [0.1, 0.15) is 63.2 Å². The van der Waals surface area contributed by atoms with Gasteiger partial charge >= 0.3 is 0 Å². The Bertz CT molecular complexity index is 360. The van der Waals surface area contributed by atoms with E-state index in [1.165, 1.54) is 12.8 Å². The molecule has 1 aromatic heterocycles. The SMILES string of the molecule is CCCC(C)c1nc(C(N)CN2CCCC2)no1. The number of likely N-dealkylation sites (tertiary alicyclic amines) is 1. The van der Waals surface area contributed by atoms with Crippen LogP contribution in [0.4, 0.5) is 0 Å². The van der Waals surface area contributed by atoms with Crippen LogP contribution in [-0.4, -0.2) is 34.7 Å². The van der Waals surface area contributed by atoms with Gasteiger partial charge in [-0.25, -0.2) is 0 Å². The lowest BCUT2D eigenvalue weighted by Crippen LogP contribution is -2.30. The summed E-state index contributed by atoms with van der Waals surface area (Å²) in [6, 6.07) is -0.130. The molecule has 2 unspecified atom stereocenters. The summed E-state index contributed by atoms with van der Waals surface area (Å²) >= 11 is 0. The number of hydrogen-bond acceptors (Lipinski definition) is 5. The summed E-state index contributed by atoms with van der Waals surface area (Å²) in [6.07, 6.45) is 4.75. The predicted octanol–water partition coefficient (Wildman–Crippen LogP) is 2.07. The lowest BCUT2D eigenvalue weighted by atomic mass is 10.1. The van der Waals surface area contributed by atoms with Crippen molar-refractivity contribution in [3.8, 4) is 0 Å². The van der Waals surface area contributed by atoms with Crippen LogP contribution in [0, 0.1) is 0 Å². The molecule has 1 aliphatic rings. The largest absolute Gasteiger partial charge is 0.339 e. The molecule has 0 spiro atoms. The Balaban J connectivity index is 1.91. The van der Waals surface area contributed by atoms with E-state index in [1.807, 2.05) is 0 Å². The van der Waals surface area contributed by atoms with Crippen molar-refractivity contribution in [2.24, 2.45) is 5.73 Å². The van der Waals surface area contributed by atoms with Gasteiger partial charge in [0, 0.05) is 12.5 Å². The highest BCUT2D eigenvalue weighted by molar-refractivity contribution is 4.97. The molecule has 0 saturated carbocycles. The second-order valence-electron chi connectivity index (χ2n) is 5.29. The Morgan fingerprint density at radius 1 is 1.39 bits per heavy atom. The van der Waals surface area contributed by atoms with E-state index in [1.54, 1.807) is 0 Å². The average molecular weight is 252 g/mol. The van der Waals surface area contributed by atoms with Crippen LogP contribution in [-0.2, 0) is 0 Å². The molecule has 1 fully saturated rings. The fourth-order valence-corrected chi connectivity index (χ4v) is 2.48. The summed E-state index contributed by atoms with van der Waals surface area (Å²) in [4.78, 5) is 6.81. The molecule has 2 heterocycles. The lowest BCUT2D eigenvalue weighted by molar-refractivity contribution is 0.303. The zero-order valence-electron chi connectivity index (χ0n) is 11.4. The van der Waals surface area contributed by atoms with E-state index in [2.05, 4.69) is 28.9 Å². The van der Waals surface area contributed by atoms with E-state index >= 15 is 0 Å². The van der Waals surface area contributed by atoms with Crippen LogP contribution in [0.2, 0.25) is 0 Å². The monoisotopic (exact) mass is 252 g/mol. The van der Waals surface area contributed by atoms with Crippen molar-refractivity contribution in [1.82, 2.24) is 15.0 Å². The molecule has 5 heteroatoms. The number of nitrogens with two attached hydrogens (primary N) is 1. The van der Waals surface area contributed by atoms with E-state index < -0.39 is 0 Å². The third-order valence-corrected chi connectivity index (χ3v) is 3.59. The third kappa shape index (κ3) is 3.29. The molecule has 2 rings (SSSR count). The highest BCUT2D eigenvalue weighted by atomic mass is 16.5. The number of nitrogens with zero attached hydrogens (tertiary/aromatic N) is 3. The number of aromatic nitrogens is 2. The van der Waals surface area contributed by atoms with Gasteiger partial charge in [0.25, 0.3) is 0 Å². The van der Waals surface area contributed by atoms with Gasteiger partial charge in [0.15, 0.2) is 5.82 Å². The minimum atomic E-state index is -0.130. The molecular weight excluding hydrogens is 228 g/mol. The van der Waals surface area contributed by atoms with Crippen molar-refractivity contribution in [3.63, 3.8) is 0 Å². The molecule has 0 aliphatic carbocycles. The minimum absolute atomic E-state index is 0.130. The first-order chi connectivity index (χ1) is 8.70. The van der Waals surface area contributed by atoms with Crippen LogP contribution in [0.5, 0.6) is 0 Å². The Morgan fingerprint density at radius 2 is 2.11 bits per heavy atom. The lowest BCUT2D eigenvalue weighted by Gasteiger charge is -2.17. The second-order valence-corrected chi connectivity index (χ2v) is 5.29. The van der Waals surface area contributed by atoms with Crippen LogP contribution in [0.25, 0.3) is 0 Å². The van der Waals surface area contributed by atoms with Crippen LogP contribution in [0.3, 0.4) is 0 Å². The molecular formula is C13H24N4O. The molecule has 102 valence electrons. The molecule has 18 heavy (non-hydrogen) atoms. The molecule has 2 atom stereocenters. The highest BCUT2D eigenvalue weighted by Crippen LogP contribution is 2.20. The van der Waals surface area contributed by atoms with Gasteiger partial charge in [-0.15, -0.1) is 0 Å². The van der Waals surface area contributed by atoms with Gasteiger partial charge in [0.2, 0.25) is 5.89 Å². The molecule has 0 bridgehead atoms. The van der Waals surface area contributed by atoms with Crippen molar-refractivity contribution in [1.29, 1.82) is 0 Å². The van der Waals surface area contributed by atoms with Crippen molar-refractivity contribution in [3.05, 3.63) is 11.7 Å². The Hall–Kier alpha value is -0.940. The third-order valence-electron chi connectivity index (χ3n) is 3.59. The smallest absolute Gasteiger partial charge is 0.229 e. The van der Waals surface area contributed by atoms with E-state index in [0.29, 0.717) is 11.7 Å². The van der Waals surface area contributed by atoms with Crippen LogP contribution >= 0.6 is 0 Å². The summed E-state index contributed by atoms with van der Waals surface area (Å²) in [5.74, 6) is 1.71. The van der Waals surface area contributed by atoms with Gasteiger partial charge in [-0.05, 0) is 32.4 Å². The van der Waals surface area contributed by atoms with Gasteiger partial charge < -0.3 is 15.2 Å². The summed E-state index contributed by atoms with van der Waals surface area (Å²) in [6.45, 7) is 7.40. The van der Waals surface area contributed by atoms with Crippen LogP contribution < -0.4 is 5.73 Å². The van der Waals surface area contributed by atoms with Crippen molar-refractivity contribution in [2.45, 2.75) is 51.5 Å². The fourth-order valence-electron chi connectivity index (χ4n) is 2.48. The summed E-state index contributed by atoms with van der Waals surface area (Å²) in [5, 5.41) is 4.02.